The summed E-state index contributed by atoms with van der Waals surface area (Å²) in [6.07, 6.45) is 0.629. The monoisotopic (exact) mass is 453 g/mol. The van der Waals surface area contributed by atoms with E-state index in [1.54, 1.807) is 24.3 Å². The zero-order chi connectivity index (χ0) is 24.1. The van der Waals surface area contributed by atoms with Gasteiger partial charge in [-0.15, -0.1) is 0 Å². The summed E-state index contributed by atoms with van der Waals surface area (Å²) in [6, 6.07) is 11.5. The number of hydrogen-bond acceptors (Lipinski definition) is 7. The number of nitro groups is 1. The minimum atomic E-state index is -0.817. The van der Waals surface area contributed by atoms with Crippen LogP contribution in [0.5, 0.6) is 5.75 Å². The first-order valence-corrected chi connectivity index (χ1v) is 10.6. The van der Waals surface area contributed by atoms with E-state index < -0.39 is 28.4 Å². The molecule has 1 fully saturated rings. The fourth-order valence-electron chi connectivity index (χ4n) is 3.85. The van der Waals surface area contributed by atoms with Gasteiger partial charge in [-0.05, 0) is 51.7 Å². The van der Waals surface area contributed by atoms with Crippen molar-refractivity contribution in [2.24, 2.45) is 0 Å². The largest absolute Gasteiger partial charge is 0.507 e. The van der Waals surface area contributed by atoms with E-state index in [-0.39, 0.29) is 16.8 Å². The molecular weight excluding hydrogens is 426 g/mol. The summed E-state index contributed by atoms with van der Waals surface area (Å²) in [5.41, 5.74) is 0.423. The molecule has 0 bridgehead atoms. The van der Waals surface area contributed by atoms with Crippen LogP contribution in [0.4, 0.5) is 5.69 Å². The van der Waals surface area contributed by atoms with Gasteiger partial charge < -0.3 is 19.6 Å². The molecule has 1 N–H and O–H groups in total. The highest BCUT2D eigenvalue weighted by molar-refractivity contribution is 6.46. The van der Waals surface area contributed by atoms with Crippen molar-refractivity contribution in [2.75, 3.05) is 33.8 Å². The number of hydrogen-bond donors (Lipinski definition) is 1. The van der Waals surface area contributed by atoms with Gasteiger partial charge in [0.05, 0.1) is 23.1 Å². The van der Waals surface area contributed by atoms with Crippen molar-refractivity contribution < 1.29 is 24.4 Å². The Hall–Kier alpha value is -3.72. The van der Waals surface area contributed by atoms with Crippen LogP contribution in [0.1, 0.15) is 30.5 Å². The Morgan fingerprint density at radius 1 is 1.18 bits per heavy atom. The third kappa shape index (κ3) is 5.20. The van der Waals surface area contributed by atoms with Gasteiger partial charge >= 0.3 is 0 Å². The number of ketones is 1. The molecule has 9 nitrogen and oxygen atoms in total. The number of carbonyl (C=O) groups is 2. The number of aliphatic hydroxyl groups is 1. The van der Waals surface area contributed by atoms with Crippen LogP contribution in [0.15, 0.2) is 54.1 Å². The van der Waals surface area contributed by atoms with Gasteiger partial charge in [0.15, 0.2) is 0 Å². The average Bonchev–Trinajstić information content (AvgIpc) is 3.04. The summed E-state index contributed by atoms with van der Waals surface area (Å²) < 4.78 is 5.48. The number of non-ortho nitro benzene ring substituents is 1. The first-order chi connectivity index (χ1) is 15.7. The van der Waals surface area contributed by atoms with Gasteiger partial charge in [0.2, 0.25) is 0 Å². The number of nitro benzene ring substituents is 1. The summed E-state index contributed by atoms with van der Waals surface area (Å²) in [5.74, 6) is -1.32. The summed E-state index contributed by atoms with van der Waals surface area (Å²) in [4.78, 5) is 40.0. The maximum atomic E-state index is 13.0. The lowest BCUT2D eigenvalue weighted by Gasteiger charge is -2.26. The normalized spacial score (nSPS) is 17.6. The van der Waals surface area contributed by atoms with Crippen LogP contribution in [-0.4, -0.2) is 65.3 Å². The molecular formula is C24H27N3O6. The fourth-order valence-corrected chi connectivity index (χ4v) is 3.85. The number of carbonyl (C=O) groups excluding carboxylic acids is 2. The zero-order valence-electron chi connectivity index (χ0n) is 18.9. The highest BCUT2D eigenvalue weighted by Crippen LogP contribution is 2.40. The highest BCUT2D eigenvalue weighted by Gasteiger charge is 2.45. The molecule has 0 aromatic heterocycles. The molecule has 0 saturated carbocycles. The van der Waals surface area contributed by atoms with E-state index in [4.69, 9.17) is 4.74 Å². The Bertz CT molecular complexity index is 1080. The van der Waals surface area contributed by atoms with Crippen molar-refractivity contribution in [1.29, 1.82) is 0 Å². The topological polar surface area (TPSA) is 113 Å². The van der Waals surface area contributed by atoms with Crippen LogP contribution in [-0.2, 0) is 9.59 Å². The van der Waals surface area contributed by atoms with Gasteiger partial charge in [-0.2, -0.15) is 0 Å². The molecule has 1 aliphatic heterocycles. The Kier molecular flexibility index (Phi) is 7.44. The van der Waals surface area contributed by atoms with Gasteiger partial charge in [0, 0.05) is 24.2 Å². The molecule has 9 heteroatoms. The molecule has 2 aromatic rings. The number of ether oxygens (including phenoxy) is 1. The highest BCUT2D eigenvalue weighted by atomic mass is 16.6. The third-order valence-corrected chi connectivity index (χ3v) is 5.38. The zero-order valence-corrected chi connectivity index (χ0v) is 18.9. The summed E-state index contributed by atoms with van der Waals surface area (Å²) in [5, 5.41) is 22.2. The molecule has 1 amide bonds. The van der Waals surface area contributed by atoms with Crippen LogP contribution in [0.3, 0.4) is 0 Å². The predicted octanol–water partition coefficient (Wildman–Crippen LogP) is 3.37. The van der Waals surface area contributed by atoms with Crippen LogP contribution in [0, 0.1) is 10.1 Å². The summed E-state index contributed by atoms with van der Waals surface area (Å²) in [6.45, 7) is 3.39. The Balaban J connectivity index is 2.09. The van der Waals surface area contributed by atoms with E-state index in [1.807, 2.05) is 25.9 Å². The molecule has 33 heavy (non-hydrogen) atoms. The lowest BCUT2D eigenvalue weighted by atomic mass is 9.95. The average molecular weight is 453 g/mol. The molecule has 3 rings (SSSR count). The lowest BCUT2D eigenvalue weighted by molar-refractivity contribution is -0.384. The molecule has 1 atom stereocenters. The fraction of sp³-hybridized carbons (Fsp3) is 0.333. The van der Waals surface area contributed by atoms with Crippen molar-refractivity contribution in [3.8, 4) is 5.75 Å². The van der Waals surface area contributed by atoms with Crippen molar-refractivity contribution in [3.63, 3.8) is 0 Å². The molecule has 1 saturated heterocycles. The number of rotatable bonds is 9. The van der Waals surface area contributed by atoms with E-state index in [2.05, 4.69) is 0 Å². The second-order valence-electron chi connectivity index (χ2n) is 7.96. The first kappa shape index (κ1) is 23.9. The van der Waals surface area contributed by atoms with Crippen molar-refractivity contribution in [1.82, 2.24) is 9.80 Å². The van der Waals surface area contributed by atoms with Gasteiger partial charge in [-0.25, -0.2) is 0 Å². The van der Waals surface area contributed by atoms with Crippen molar-refractivity contribution in [2.45, 2.75) is 19.4 Å². The summed E-state index contributed by atoms with van der Waals surface area (Å²) in [7, 11) is 3.83. The van der Waals surface area contributed by atoms with Crippen molar-refractivity contribution >= 4 is 23.1 Å². The van der Waals surface area contributed by atoms with Crippen LogP contribution < -0.4 is 4.74 Å². The summed E-state index contributed by atoms with van der Waals surface area (Å²) >= 11 is 0. The van der Waals surface area contributed by atoms with E-state index in [9.17, 15) is 24.8 Å². The Morgan fingerprint density at radius 2 is 1.88 bits per heavy atom. The van der Waals surface area contributed by atoms with E-state index in [1.165, 1.54) is 29.2 Å². The minimum Gasteiger partial charge on any atom is -0.507 e. The maximum Gasteiger partial charge on any atom is 0.295 e. The third-order valence-electron chi connectivity index (χ3n) is 5.38. The van der Waals surface area contributed by atoms with Gasteiger partial charge in [-0.3, -0.25) is 19.7 Å². The lowest BCUT2D eigenvalue weighted by Crippen LogP contribution is -2.32. The Morgan fingerprint density at radius 3 is 2.48 bits per heavy atom. The number of likely N-dealkylation sites (tertiary alicyclic amines) is 1. The van der Waals surface area contributed by atoms with Crippen LogP contribution in [0.2, 0.25) is 0 Å². The van der Waals surface area contributed by atoms with Crippen LogP contribution in [0.25, 0.3) is 5.76 Å². The van der Waals surface area contributed by atoms with E-state index in [0.717, 1.165) is 0 Å². The number of aliphatic hydroxyl groups excluding tert-OH is 1. The number of nitrogens with zero attached hydrogens (tertiary/aromatic N) is 3. The first-order valence-electron chi connectivity index (χ1n) is 10.6. The van der Waals surface area contributed by atoms with Gasteiger partial charge in [-0.1, -0.05) is 24.3 Å². The molecule has 1 heterocycles. The SMILES string of the molecule is CCOc1ccc(C2/C(=C(/O)c3cccc([N+](=O)[O-])c3)C(=O)C(=O)N2CCCN(C)C)cc1. The number of amides is 1. The van der Waals surface area contributed by atoms with E-state index in [0.29, 0.717) is 37.4 Å². The second-order valence-corrected chi connectivity index (χ2v) is 7.96. The maximum absolute atomic E-state index is 13.0. The molecule has 1 aliphatic rings. The Labute approximate surface area is 192 Å². The molecule has 0 spiro atoms. The number of benzene rings is 2. The second kappa shape index (κ2) is 10.3. The quantitative estimate of drug-likeness (QED) is 0.204. The van der Waals surface area contributed by atoms with Gasteiger partial charge in [0.1, 0.15) is 11.5 Å². The van der Waals surface area contributed by atoms with Crippen molar-refractivity contribution in [3.05, 3.63) is 75.3 Å². The molecule has 0 radical (unpaired) electrons. The predicted molar refractivity (Wildman–Crippen MR) is 123 cm³/mol. The molecule has 1 unspecified atom stereocenters. The van der Waals surface area contributed by atoms with E-state index >= 15 is 0 Å². The van der Waals surface area contributed by atoms with Gasteiger partial charge in [0.25, 0.3) is 17.4 Å². The molecule has 174 valence electrons. The standard InChI is InChI=1S/C24H27N3O6/c1-4-33-19-11-9-16(10-12-19)21-20(22(28)17-7-5-8-18(15-17)27(31)32)23(29)24(30)26(21)14-6-13-25(2)3/h5,7-12,15,21,28H,4,6,13-14H2,1-3H3/b22-20-. The van der Waals surface area contributed by atoms with Crippen LogP contribution >= 0.6 is 0 Å². The minimum absolute atomic E-state index is 0.0884. The molecule has 2 aromatic carbocycles. The number of Topliss-reactive ketones (excluding diaryl/α,β-unsaturated/α-hetero) is 1. The molecule has 0 aliphatic carbocycles. The smallest absolute Gasteiger partial charge is 0.295 e.